The van der Waals surface area contributed by atoms with Gasteiger partial charge >= 0.3 is 6.09 Å². The van der Waals surface area contributed by atoms with Crippen molar-refractivity contribution in [3.8, 4) is 6.07 Å². The summed E-state index contributed by atoms with van der Waals surface area (Å²) < 4.78 is 19.5. The van der Waals surface area contributed by atoms with Gasteiger partial charge < -0.3 is 14.7 Å². The number of carbonyl (C=O) groups is 1. The van der Waals surface area contributed by atoms with Crippen molar-refractivity contribution < 1.29 is 19.0 Å². The number of ether oxygens (including phenoxy) is 1. The number of halogens is 1. The van der Waals surface area contributed by atoms with E-state index in [2.05, 4.69) is 4.90 Å². The number of rotatable bonds is 1. The summed E-state index contributed by atoms with van der Waals surface area (Å²) >= 11 is 0. The average molecular weight is 319 g/mol. The molecule has 0 radical (unpaired) electrons. The Balaban J connectivity index is 1.77. The van der Waals surface area contributed by atoms with Gasteiger partial charge in [-0.2, -0.15) is 5.26 Å². The van der Waals surface area contributed by atoms with Crippen LogP contribution < -0.4 is 0 Å². The monoisotopic (exact) mass is 319 g/mol. The molecule has 23 heavy (non-hydrogen) atoms. The zero-order valence-electron chi connectivity index (χ0n) is 12.8. The van der Waals surface area contributed by atoms with Gasteiger partial charge in [-0.1, -0.05) is 6.07 Å². The summed E-state index contributed by atoms with van der Waals surface area (Å²) in [6, 6.07) is 4.92. The minimum absolute atomic E-state index is 0.0484. The summed E-state index contributed by atoms with van der Waals surface area (Å²) in [5, 5.41) is 18.2. The van der Waals surface area contributed by atoms with Gasteiger partial charge in [0.15, 0.2) is 0 Å². The van der Waals surface area contributed by atoms with Gasteiger partial charge in [-0.3, -0.25) is 4.90 Å². The molecule has 2 aliphatic heterocycles. The van der Waals surface area contributed by atoms with Crippen LogP contribution in [-0.4, -0.2) is 59.8 Å². The van der Waals surface area contributed by atoms with E-state index in [-0.39, 0.29) is 17.7 Å². The third-order valence-corrected chi connectivity index (χ3v) is 4.68. The Morgan fingerprint density at radius 3 is 2.91 bits per heavy atom. The maximum absolute atomic E-state index is 13.7. The number of fused-ring (bicyclic) bond motifs is 1. The molecule has 2 atom stereocenters. The number of amides is 1. The first-order chi connectivity index (χ1) is 11.0. The molecule has 1 amide bonds. The molecular weight excluding hydrogens is 301 g/mol. The molecule has 122 valence electrons. The fourth-order valence-electron chi connectivity index (χ4n) is 3.33. The topological polar surface area (TPSA) is 76.8 Å². The molecule has 1 aromatic carbocycles. The number of morpholine rings is 1. The highest BCUT2D eigenvalue weighted by atomic mass is 19.1. The van der Waals surface area contributed by atoms with E-state index in [4.69, 9.17) is 15.1 Å². The SMILES string of the molecule is Cc1c(C2CN3CCN(C(=O)O)C[C@H]3CO2)ccc(F)c1C#N. The highest BCUT2D eigenvalue weighted by Gasteiger charge is 2.36. The molecule has 0 saturated carbocycles. The van der Waals surface area contributed by atoms with Gasteiger partial charge in [0, 0.05) is 26.2 Å². The summed E-state index contributed by atoms with van der Waals surface area (Å²) in [6.07, 6.45) is -1.13. The molecular formula is C16H18FN3O3. The fourth-order valence-corrected chi connectivity index (χ4v) is 3.33. The predicted molar refractivity (Wildman–Crippen MR) is 79.5 cm³/mol. The lowest BCUT2D eigenvalue weighted by Crippen LogP contribution is -2.59. The minimum Gasteiger partial charge on any atom is -0.465 e. The highest BCUT2D eigenvalue weighted by Crippen LogP contribution is 2.30. The number of nitrogens with zero attached hydrogens (tertiary/aromatic N) is 3. The second-order valence-corrected chi connectivity index (χ2v) is 5.95. The van der Waals surface area contributed by atoms with Crippen molar-refractivity contribution in [3.63, 3.8) is 0 Å². The molecule has 0 aromatic heterocycles. The Hall–Kier alpha value is -2.17. The van der Waals surface area contributed by atoms with Gasteiger partial charge in [-0.25, -0.2) is 9.18 Å². The summed E-state index contributed by atoms with van der Waals surface area (Å²) in [5.74, 6) is -0.516. The first-order valence-electron chi connectivity index (χ1n) is 7.54. The first kappa shape index (κ1) is 15.7. The smallest absolute Gasteiger partial charge is 0.407 e. The van der Waals surface area contributed by atoms with Crippen LogP contribution in [0.2, 0.25) is 0 Å². The van der Waals surface area contributed by atoms with E-state index in [0.717, 1.165) is 5.56 Å². The molecule has 0 aliphatic carbocycles. The molecule has 1 unspecified atom stereocenters. The van der Waals surface area contributed by atoms with Crippen molar-refractivity contribution in [2.24, 2.45) is 0 Å². The molecule has 6 nitrogen and oxygen atoms in total. The van der Waals surface area contributed by atoms with Gasteiger partial charge in [0.05, 0.1) is 24.3 Å². The second kappa shape index (κ2) is 6.14. The average Bonchev–Trinajstić information content (AvgIpc) is 2.54. The maximum Gasteiger partial charge on any atom is 0.407 e. The molecule has 7 heteroatoms. The van der Waals surface area contributed by atoms with Crippen molar-refractivity contribution in [1.29, 1.82) is 5.26 Å². The van der Waals surface area contributed by atoms with Crippen molar-refractivity contribution in [1.82, 2.24) is 9.80 Å². The van der Waals surface area contributed by atoms with E-state index in [0.29, 0.717) is 38.3 Å². The first-order valence-corrected chi connectivity index (χ1v) is 7.54. The summed E-state index contributed by atoms with van der Waals surface area (Å²) in [4.78, 5) is 14.7. The molecule has 2 heterocycles. The van der Waals surface area contributed by atoms with Crippen LogP contribution in [0.4, 0.5) is 9.18 Å². The molecule has 3 rings (SSSR count). The van der Waals surface area contributed by atoms with Gasteiger partial charge in [0.2, 0.25) is 0 Å². The lowest BCUT2D eigenvalue weighted by Gasteiger charge is -2.45. The van der Waals surface area contributed by atoms with Gasteiger partial charge in [0.1, 0.15) is 11.9 Å². The lowest BCUT2D eigenvalue weighted by atomic mass is 9.96. The fraction of sp³-hybridized carbons (Fsp3) is 0.500. The van der Waals surface area contributed by atoms with Crippen LogP contribution in [0.1, 0.15) is 22.8 Å². The number of nitriles is 1. The van der Waals surface area contributed by atoms with Crippen LogP contribution in [0.3, 0.4) is 0 Å². The normalized spacial score (nSPS) is 24.8. The van der Waals surface area contributed by atoms with E-state index < -0.39 is 11.9 Å². The molecule has 2 fully saturated rings. The van der Waals surface area contributed by atoms with Crippen molar-refractivity contribution >= 4 is 6.09 Å². The molecule has 1 N–H and O–H groups in total. The van der Waals surface area contributed by atoms with Gasteiger partial charge in [0.25, 0.3) is 0 Å². The third kappa shape index (κ3) is 2.87. The lowest BCUT2D eigenvalue weighted by molar-refractivity contribution is -0.0868. The zero-order chi connectivity index (χ0) is 16.6. The van der Waals surface area contributed by atoms with Gasteiger partial charge in [-0.15, -0.1) is 0 Å². The number of benzene rings is 1. The molecule has 2 aliphatic rings. The number of piperazine rings is 1. The molecule has 0 spiro atoms. The number of hydrogen-bond donors (Lipinski definition) is 1. The van der Waals surface area contributed by atoms with E-state index in [1.54, 1.807) is 13.0 Å². The minimum atomic E-state index is -0.903. The Labute approximate surface area is 133 Å². The summed E-state index contributed by atoms with van der Waals surface area (Å²) in [5.41, 5.74) is 1.49. The number of hydrogen-bond acceptors (Lipinski definition) is 4. The Bertz CT molecular complexity index is 673. The summed E-state index contributed by atoms with van der Waals surface area (Å²) in [7, 11) is 0. The quantitative estimate of drug-likeness (QED) is 0.853. The van der Waals surface area contributed by atoms with Crippen LogP contribution in [-0.2, 0) is 4.74 Å². The van der Waals surface area contributed by atoms with Crippen LogP contribution in [0, 0.1) is 24.1 Å². The van der Waals surface area contributed by atoms with Crippen molar-refractivity contribution in [2.45, 2.75) is 19.1 Å². The second-order valence-electron chi connectivity index (χ2n) is 5.95. The van der Waals surface area contributed by atoms with Crippen molar-refractivity contribution in [2.75, 3.05) is 32.8 Å². The zero-order valence-corrected chi connectivity index (χ0v) is 12.8. The highest BCUT2D eigenvalue weighted by molar-refractivity contribution is 5.65. The van der Waals surface area contributed by atoms with Crippen LogP contribution >= 0.6 is 0 Å². The Kier molecular flexibility index (Phi) is 4.20. The van der Waals surface area contributed by atoms with Crippen LogP contribution in [0.25, 0.3) is 0 Å². The number of carboxylic acid groups (broad SMARTS) is 1. The van der Waals surface area contributed by atoms with E-state index in [1.165, 1.54) is 11.0 Å². The van der Waals surface area contributed by atoms with Crippen LogP contribution in [0.5, 0.6) is 0 Å². The Morgan fingerprint density at radius 2 is 2.22 bits per heavy atom. The molecule has 2 saturated heterocycles. The van der Waals surface area contributed by atoms with E-state index >= 15 is 0 Å². The standard InChI is InChI=1S/C16H18FN3O3/c1-10-12(2-3-14(17)13(10)6-18)15-8-19-4-5-20(16(21)22)7-11(19)9-23-15/h2-3,11,15H,4-5,7-9H2,1H3,(H,21,22)/t11-,15?/m0/s1. The van der Waals surface area contributed by atoms with Gasteiger partial charge in [-0.05, 0) is 24.1 Å². The van der Waals surface area contributed by atoms with E-state index in [9.17, 15) is 9.18 Å². The molecule has 1 aromatic rings. The summed E-state index contributed by atoms with van der Waals surface area (Å²) in [6.45, 7) is 4.35. The predicted octanol–water partition coefficient (Wildman–Crippen LogP) is 1.74. The maximum atomic E-state index is 13.7. The largest absolute Gasteiger partial charge is 0.465 e. The third-order valence-electron chi connectivity index (χ3n) is 4.68. The van der Waals surface area contributed by atoms with Crippen molar-refractivity contribution in [3.05, 3.63) is 34.6 Å². The van der Waals surface area contributed by atoms with E-state index in [1.807, 2.05) is 6.07 Å². The molecule has 0 bridgehead atoms. The van der Waals surface area contributed by atoms with Crippen LogP contribution in [0.15, 0.2) is 12.1 Å². The Morgan fingerprint density at radius 1 is 1.43 bits per heavy atom.